The quantitative estimate of drug-likeness (QED) is 0.315. The maximum atomic E-state index is 12.5. The number of carbonyl (C=O) groups excluding carboxylic acids is 1. The number of aromatic nitrogens is 3. The van der Waals surface area contributed by atoms with Gasteiger partial charge in [0.2, 0.25) is 5.91 Å². The van der Waals surface area contributed by atoms with E-state index < -0.39 is 0 Å². The van der Waals surface area contributed by atoms with Crippen LogP contribution in [0, 0.1) is 13.8 Å². The number of halogens is 2. The van der Waals surface area contributed by atoms with E-state index in [9.17, 15) is 4.79 Å². The molecule has 1 aromatic heterocycles. The summed E-state index contributed by atoms with van der Waals surface area (Å²) < 4.78 is 1.97. The van der Waals surface area contributed by atoms with Crippen molar-refractivity contribution in [2.24, 2.45) is 0 Å². The Morgan fingerprint density at radius 1 is 0.906 bits per heavy atom. The molecule has 4 aromatic rings. The molecule has 0 aliphatic carbocycles. The summed E-state index contributed by atoms with van der Waals surface area (Å²) in [5, 5.41) is 13.2. The Hall–Kier alpha value is -2.80. The summed E-state index contributed by atoms with van der Waals surface area (Å²) in [5.41, 5.74) is 4.76. The minimum absolute atomic E-state index is 0.155. The van der Waals surface area contributed by atoms with Crippen LogP contribution in [0.4, 0.5) is 5.69 Å². The van der Waals surface area contributed by atoms with Crippen LogP contribution in [0.1, 0.15) is 11.1 Å². The molecular formula is C24H20Cl2N4OS. The number of thioether (sulfide) groups is 1. The van der Waals surface area contributed by atoms with Crippen molar-refractivity contribution in [1.82, 2.24) is 14.8 Å². The molecule has 0 radical (unpaired) electrons. The molecule has 1 heterocycles. The van der Waals surface area contributed by atoms with E-state index in [1.165, 1.54) is 17.3 Å². The van der Waals surface area contributed by atoms with E-state index >= 15 is 0 Å². The Morgan fingerprint density at radius 2 is 1.50 bits per heavy atom. The summed E-state index contributed by atoms with van der Waals surface area (Å²) in [5.74, 6) is 0.684. The van der Waals surface area contributed by atoms with Gasteiger partial charge in [-0.25, -0.2) is 0 Å². The van der Waals surface area contributed by atoms with Crippen LogP contribution in [-0.2, 0) is 4.79 Å². The van der Waals surface area contributed by atoms with Crippen LogP contribution in [0.5, 0.6) is 0 Å². The standard InChI is InChI=1S/C24H20Cl2N4OS/c1-15-3-7-17(8-4-15)23-28-29-24(30(23)21-9-5-16(2)6-10-21)32-14-22(31)27-20-12-18(25)11-19(26)13-20/h3-13H,14H2,1-2H3,(H,27,31). The normalized spacial score (nSPS) is 10.9. The first-order valence-corrected chi connectivity index (χ1v) is 11.6. The van der Waals surface area contributed by atoms with Crippen molar-refractivity contribution in [1.29, 1.82) is 0 Å². The van der Waals surface area contributed by atoms with E-state index in [-0.39, 0.29) is 11.7 Å². The summed E-state index contributed by atoms with van der Waals surface area (Å²) in [4.78, 5) is 12.5. The SMILES string of the molecule is Cc1ccc(-c2nnc(SCC(=O)Nc3cc(Cl)cc(Cl)c3)n2-c2ccc(C)cc2)cc1. The van der Waals surface area contributed by atoms with Gasteiger partial charge in [-0.1, -0.05) is 82.5 Å². The fourth-order valence-electron chi connectivity index (χ4n) is 3.13. The van der Waals surface area contributed by atoms with Crippen molar-refractivity contribution in [3.8, 4) is 17.1 Å². The van der Waals surface area contributed by atoms with Crippen LogP contribution >= 0.6 is 35.0 Å². The fraction of sp³-hybridized carbons (Fsp3) is 0.125. The lowest BCUT2D eigenvalue weighted by Gasteiger charge is -2.11. The Balaban J connectivity index is 1.59. The molecule has 8 heteroatoms. The molecule has 32 heavy (non-hydrogen) atoms. The third-order valence-corrected chi connectivity index (χ3v) is 6.08. The summed E-state index contributed by atoms with van der Waals surface area (Å²) >= 11 is 13.3. The largest absolute Gasteiger partial charge is 0.325 e. The second-order valence-corrected chi connectivity index (χ2v) is 9.15. The van der Waals surface area contributed by atoms with Crippen LogP contribution in [0.2, 0.25) is 10.0 Å². The van der Waals surface area contributed by atoms with Crippen molar-refractivity contribution in [3.05, 3.63) is 87.9 Å². The molecule has 1 amide bonds. The lowest BCUT2D eigenvalue weighted by molar-refractivity contribution is -0.113. The van der Waals surface area contributed by atoms with Gasteiger partial charge < -0.3 is 5.32 Å². The van der Waals surface area contributed by atoms with Gasteiger partial charge >= 0.3 is 0 Å². The van der Waals surface area contributed by atoms with Crippen molar-refractivity contribution >= 4 is 46.6 Å². The van der Waals surface area contributed by atoms with Crippen LogP contribution in [0.15, 0.2) is 71.9 Å². The van der Waals surface area contributed by atoms with Crippen LogP contribution in [-0.4, -0.2) is 26.4 Å². The molecule has 0 unspecified atom stereocenters. The molecule has 0 atom stereocenters. The maximum Gasteiger partial charge on any atom is 0.234 e. The molecule has 0 aliphatic heterocycles. The number of nitrogens with zero attached hydrogens (tertiary/aromatic N) is 3. The molecule has 0 bridgehead atoms. The second-order valence-electron chi connectivity index (χ2n) is 7.34. The summed E-state index contributed by atoms with van der Waals surface area (Å²) in [7, 11) is 0. The minimum Gasteiger partial charge on any atom is -0.325 e. The summed E-state index contributed by atoms with van der Waals surface area (Å²) in [6.07, 6.45) is 0. The third-order valence-electron chi connectivity index (χ3n) is 4.71. The smallest absolute Gasteiger partial charge is 0.234 e. The van der Waals surface area contributed by atoms with Gasteiger partial charge in [0.25, 0.3) is 0 Å². The number of benzene rings is 3. The lowest BCUT2D eigenvalue weighted by Crippen LogP contribution is -2.14. The molecule has 0 aliphatic rings. The molecule has 162 valence electrons. The second kappa shape index (κ2) is 9.77. The van der Waals surface area contributed by atoms with E-state index in [0.717, 1.165) is 22.6 Å². The topological polar surface area (TPSA) is 59.8 Å². The number of hydrogen-bond donors (Lipinski definition) is 1. The third kappa shape index (κ3) is 5.33. The molecule has 0 spiro atoms. The summed E-state index contributed by atoms with van der Waals surface area (Å²) in [6, 6.07) is 21.2. The number of nitrogens with one attached hydrogen (secondary N) is 1. The first kappa shape index (κ1) is 22.4. The van der Waals surface area contributed by atoms with Crippen molar-refractivity contribution in [3.63, 3.8) is 0 Å². The number of aryl methyl sites for hydroxylation is 2. The number of anilines is 1. The molecular weight excluding hydrogens is 463 g/mol. The average Bonchev–Trinajstić information content (AvgIpc) is 3.16. The lowest BCUT2D eigenvalue weighted by atomic mass is 10.1. The number of amides is 1. The van der Waals surface area contributed by atoms with Crippen LogP contribution in [0.3, 0.4) is 0 Å². The Kier molecular flexibility index (Phi) is 6.84. The molecule has 0 fully saturated rings. The number of rotatable bonds is 6. The highest BCUT2D eigenvalue weighted by Gasteiger charge is 2.17. The van der Waals surface area contributed by atoms with Gasteiger partial charge in [0.15, 0.2) is 11.0 Å². The Labute approximate surface area is 200 Å². The van der Waals surface area contributed by atoms with Gasteiger partial charge in [0, 0.05) is 27.0 Å². The fourth-order valence-corrected chi connectivity index (χ4v) is 4.41. The van der Waals surface area contributed by atoms with E-state index in [0.29, 0.717) is 20.9 Å². The van der Waals surface area contributed by atoms with Crippen LogP contribution < -0.4 is 5.32 Å². The molecule has 5 nitrogen and oxygen atoms in total. The van der Waals surface area contributed by atoms with E-state index in [4.69, 9.17) is 23.2 Å². The first-order chi connectivity index (χ1) is 15.4. The first-order valence-electron chi connectivity index (χ1n) is 9.87. The Morgan fingerprint density at radius 3 is 2.12 bits per heavy atom. The highest BCUT2D eigenvalue weighted by atomic mass is 35.5. The van der Waals surface area contributed by atoms with E-state index in [1.807, 2.05) is 66.9 Å². The predicted molar refractivity (Wildman–Crippen MR) is 132 cm³/mol. The highest BCUT2D eigenvalue weighted by Crippen LogP contribution is 2.29. The van der Waals surface area contributed by atoms with Gasteiger partial charge in [0.1, 0.15) is 0 Å². The number of carbonyl (C=O) groups is 1. The molecule has 3 aromatic carbocycles. The van der Waals surface area contributed by atoms with Crippen molar-refractivity contribution in [2.75, 3.05) is 11.1 Å². The van der Waals surface area contributed by atoms with Gasteiger partial charge in [0.05, 0.1) is 5.75 Å². The van der Waals surface area contributed by atoms with E-state index in [2.05, 4.69) is 15.5 Å². The molecule has 0 saturated heterocycles. The zero-order chi connectivity index (χ0) is 22.7. The monoisotopic (exact) mass is 482 g/mol. The van der Waals surface area contributed by atoms with Crippen molar-refractivity contribution in [2.45, 2.75) is 19.0 Å². The zero-order valence-corrected chi connectivity index (χ0v) is 19.8. The van der Waals surface area contributed by atoms with Gasteiger partial charge in [-0.05, 0) is 44.2 Å². The minimum atomic E-state index is -0.191. The molecule has 0 saturated carbocycles. The van der Waals surface area contributed by atoms with Crippen LogP contribution in [0.25, 0.3) is 17.1 Å². The number of hydrogen-bond acceptors (Lipinski definition) is 4. The van der Waals surface area contributed by atoms with E-state index in [1.54, 1.807) is 18.2 Å². The maximum absolute atomic E-state index is 12.5. The summed E-state index contributed by atoms with van der Waals surface area (Å²) in [6.45, 7) is 4.08. The Bertz CT molecular complexity index is 1230. The van der Waals surface area contributed by atoms with Gasteiger partial charge in [-0.2, -0.15) is 0 Å². The molecule has 4 rings (SSSR count). The average molecular weight is 483 g/mol. The zero-order valence-electron chi connectivity index (χ0n) is 17.5. The van der Waals surface area contributed by atoms with Gasteiger partial charge in [-0.3, -0.25) is 9.36 Å². The highest BCUT2D eigenvalue weighted by molar-refractivity contribution is 7.99. The van der Waals surface area contributed by atoms with Crippen molar-refractivity contribution < 1.29 is 4.79 Å². The van der Waals surface area contributed by atoms with Gasteiger partial charge in [-0.15, -0.1) is 10.2 Å². The molecule has 1 N–H and O–H groups in total. The predicted octanol–water partition coefficient (Wildman–Crippen LogP) is 6.59.